The lowest BCUT2D eigenvalue weighted by Crippen LogP contribution is -2.40. The molecule has 1 N–H and O–H groups in total. The Labute approximate surface area is 95.4 Å². The van der Waals surface area contributed by atoms with Crippen molar-refractivity contribution in [3.05, 3.63) is 0 Å². The second-order valence-electron chi connectivity index (χ2n) is 5.22. The molecule has 0 aromatic heterocycles. The van der Waals surface area contributed by atoms with E-state index in [9.17, 15) is 0 Å². The van der Waals surface area contributed by atoms with Gasteiger partial charge in [-0.1, -0.05) is 20.3 Å². The second kappa shape index (κ2) is 7.24. The third-order valence-electron chi connectivity index (χ3n) is 3.45. The van der Waals surface area contributed by atoms with Crippen molar-refractivity contribution in [3.63, 3.8) is 0 Å². The third-order valence-corrected chi connectivity index (χ3v) is 3.45. The zero-order valence-corrected chi connectivity index (χ0v) is 10.8. The molecule has 0 spiro atoms. The quantitative estimate of drug-likeness (QED) is 0.727. The van der Waals surface area contributed by atoms with Gasteiger partial charge in [0.1, 0.15) is 0 Å². The number of nitrogens with zero attached hydrogens (tertiary/aromatic N) is 1. The van der Waals surface area contributed by atoms with E-state index in [0.717, 1.165) is 11.8 Å². The predicted molar refractivity (Wildman–Crippen MR) is 67.2 cm³/mol. The first-order valence-corrected chi connectivity index (χ1v) is 6.63. The molecule has 2 heteroatoms. The fourth-order valence-corrected chi connectivity index (χ4v) is 2.80. The Morgan fingerprint density at radius 1 is 1.47 bits per heavy atom. The topological polar surface area (TPSA) is 15.3 Å². The van der Waals surface area contributed by atoms with Gasteiger partial charge in [-0.2, -0.15) is 0 Å². The highest BCUT2D eigenvalue weighted by molar-refractivity contribution is 4.75. The van der Waals surface area contributed by atoms with Crippen LogP contribution >= 0.6 is 0 Å². The van der Waals surface area contributed by atoms with E-state index in [0.29, 0.717) is 0 Å². The summed E-state index contributed by atoms with van der Waals surface area (Å²) < 4.78 is 0. The molecule has 2 nitrogen and oxygen atoms in total. The number of likely N-dealkylation sites (tertiary alicyclic amines) is 1. The van der Waals surface area contributed by atoms with Crippen molar-refractivity contribution in [2.24, 2.45) is 11.8 Å². The van der Waals surface area contributed by atoms with Crippen LogP contribution in [0.3, 0.4) is 0 Å². The summed E-state index contributed by atoms with van der Waals surface area (Å²) in [7, 11) is 2.07. The first kappa shape index (κ1) is 13.0. The highest BCUT2D eigenvalue weighted by atomic mass is 15.1. The Morgan fingerprint density at radius 2 is 2.27 bits per heavy atom. The highest BCUT2D eigenvalue weighted by Crippen LogP contribution is 2.18. The van der Waals surface area contributed by atoms with Crippen molar-refractivity contribution in [2.45, 2.75) is 39.5 Å². The van der Waals surface area contributed by atoms with Gasteiger partial charge in [-0.15, -0.1) is 0 Å². The van der Waals surface area contributed by atoms with Crippen LogP contribution in [0.15, 0.2) is 0 Å². The normalized spacial score (nSPS) is 25.4. The predicted octanol–water partition coefficient (Wildman–Crippen LogP) is 2.35. The molecule has 1 heterocycles. The summed E-state index contributed by atoms with van der Waals surface area (Å²) in [5, 5.41) is 3.31. The van der Waals surface area contributed by atoms with Crippen LogP contribution in [-0.2, 0) is 0 Å². The molecule has 1 rings (SSSR count). The standard InChI is InChI=1S/C13H28N2/c1-4-6-12(2)10-15-8-5-7-13(11-15)9-14-3/h12-14H,4-11H2,1-3H3. The van der Waals surface area contributed by atoms with Crippen LogP contribution in [0.25, 0.3) is 0 Å². The third kappa shape index (κ3) is 4.98. The van der Waals surface area contributed by atoms with Crippen LogP contribution < -0.4 is 5.32 Å². The van der Waals surface area contributed by atoms with Gasteiger partial charge in [0.05, 0.1) is 0 Å². The first-order chi connectivity index (χ1) is 7.26. The zero-order valence-electron chi connectivity index (χ0n) is 10.8. The van der Waals surface area contributed by atoms with Crippen molar-refractivity contribution in [1.82, 2.24) is 10.2 Å². The fourth-order valence-electron chi connectivity index (χ4n) is 2.80. The van der Waals surface area contributed by atoms with Crippen molar-refractivity contribution in [2.75, 3.05) is 33.2 Å². The zero-order chi connectivity index (χ0) is 11.1. The maximum Gasteiger partial charge on any atom is 0.00219 e. The Hall–Kier alpha value is -0.0800. The minimum absolute atomic E-state index is 0.878. The van der Waals surface area contributed by atoms with Gasteiger partial charge < -0.3 is 10.2 Å². The summed E-state index contributed by atoms with van der Waals surface area (Å²) in [6.07, 6.45) is 5.52. The largest absolute Gasteiger partial charge is 0.319 e. The molecule has 0 radical (unpaired) electrons. The molecule has 0 bridgehead atoms. The molecule has 90 valence electrons. The van der Waals surface area contributed by atoms with E-state index >= 15 is 0 Å². The lowest BCUT2D eigenvalue weighted by atomic mass is 9.96. The van der Waals surface area contributed by atoms with Crippen LogP contribution in [0.2, 0.25) is 0 Å². The molecule has 0 aromatic rings. The lowest BCUT2D eigenvalue weighted by Gasteiger charge is -2.34. The Kier molecular flexibility index (Phi) is 6.26. The van der Waals surface area contributed by atoms with Crippen LogP contribution in [0, 0.1) is 11.8 Å². The van der Waals surface area contributed by atoms with Crippen LogP contribution in [-0.4, -0.2) is 38.1 Å². The molecular weight excluding hydrogens is 184 g/mol. The fraction of sp³-hybridized carbons (Fsp3) is 1.00. The summed E-state index contributed by atoms with van der Waals surface area (Å²) >= 11 is 0. The van der Waals surface area contributed by atoms with Crippen molar-refractivity contribution in [1.29, 1.82) is 0 Å². The molecule has 15 heavy (non-hydrogen) atoms. The molecule has 0 amide bonds. The van der Waals surface area contributed by atoms with E-state index in [1.165, 1.54) is 51.9 Å². The molecule has 2 unspecified atom stereocenters. The van der Waals surface area contributed by atoms with E-state index in [-0.39, 0.29) is 0 Å². The molecule has 0 aliphatic carbocycles. The van der Waals surface area contributed by atoms with E-state index < -0.39 is 0 Å². The van der Waals surface area contributed by atoms with Crippen molar-refractivity contribution < 1.29 is 0 Å². The Bertz CT molecular complexity index is 155. The second-order valence-corrected chi connectivity index (χ2v) is 5.22. The van der Waals surface area contributed by atoms with Gasteiger partial charge in [0.15, 0.2) is 0 Å². The van der Waals surface area contributed by atoms with Gasteiger partial charge in [-0.05, 0) is 51.2 Å². The highest BCUT2D eigenvalue weighted by Gasteiger charge is 2.20. The number of hydrogen-bond acceptors (Lipinski definition) is 2. The van der Waals surface area contributed by atoms with E-state index in [1.807, 2.05) is 0 Å². The molecule has 1 aliphatic rings. The molecule has 1 saturated heterocycles. The summed E-state index contributed by atoms with van der Waals surface area (Å²) in [6.45, 7) is 9.83. The van der Waals surface area contributed by atoms with Crippen molar-refractivity contribution >= 4 is 0 Å². The monoisotopic (exact) mass is 212 g/mol. The van der Waals surface area contributed by atoms with E-state index in [4.69, 9.17) is 0 Å². The van der Waals surface area contributed by atoms with Gasteiger partial charge in [-0.3, -0.25) is 0 Å². The first-order valence-electron chi connectivity index (χ1n) is 6.63. The summed E-state index contributed by atoms with van der Waals surface area (Å²) in [6, 6.07) is 0. The summed E-state index contributed by atoms with van der Waals surface area (Å²) in [5.74, 6) is 1.76. The Balaban J connectivity index is 2.23. The van der Waals surface area contributed by atoms with Crippen LogP contribution in [0.1, 0.15) is 39.5 Å². The minimum Gasteiger partial charge on any atom is -0.319 e. The maximum atomic E-state index is 3.31. The molecule has 1 aliphatic heterocycles. The van der Waals surface area contributed by atoms with Gasteiger partial charge in [-0.25, -0.2) is 0 Å². The average Bonchev–Trinajstić information content (AvgIpc) is 2.19. The molecule has 0 aromatic carbocycles. The summed E-state index contributed by atoms with van der Waals surface area (Å²) in [5.41, 5.74) is 0. The van der Waals surface area contributed by atoms with Gasteiger partial charge in [0.25, 0.3) is 0 Å². The van der Waals surface area contributed by atoms with Crippen LogP contribution in [0.5, 0.6) is 0 Å². The molecule has 2 atom stereocenters. The lowest BCUT2D eigenvalue weighted by molar-refractivity contribution is 0.152. The maximum absolute atomic E-state index is 3.31. The minimum atomic E-state index is 0.878. The van der Waals surface area contributed by atoms with Crippen LogP contribution in [0.4, 0.5) is 0 Å². The average molecular weight is 212 g/mol. The SMILES string of the molecule is CCCC(C)CN1CCCC(CNC)C1. The van der Waals surface area contributed by atoms with Crippen molar-refractivity contribution in [3.8, 4) is 0 Å². The molecule has 1 fully saturated rings. The molecule has 0 saturated carbocycles. The van der Waals surface area contributed by atoms with E-state index in [2.05, 4.69) is 31.1 Å². The molecular formula is C13H28N2. The smallest absolute Gasteiger partial charge is 0.00219 e. The number of hydrogen-bond donors (Lipinski definition) is 1. The van der Waals surface area contributed by atoms with Gasteiger partial charge >= 0.3 is 0 Å². The summed E-state index contributed by atoms with van der Waals surface area (Å²) in [4.78, 5) is 2.67. The Morgan fingerprint density at radius 3 is 2.93 bits per heavy atom. The number of nitrogens with one attached hydrogen (secondary N) is 1. The van der Waals surface area contributed by atoms with E-state index in [1.54, 1.807) is 0 Å². The number of piperidine rings is 1. The number of rotatable bonds is 6. The van der Waals surface area contributed by atoms with Gasteiger partial charge in [0, 0.05) is 13.1 Å². The van der Waals surface area contributed by atoms with Gasteiger partial charge in [0.2, 0.25) is 0 Å².